The van der Waals surface area contributed by atoms with Gasteiger partial charge in [0.15, 0.2) is 0 Å². The number of alkyl halides is 3. The van der Waals surface area contributed by atoms with E-state index in [9.17, 15) is 18.0 Å². The molecule has 0 radical (unpaired) electrons. The van der Waals surface area contributed by atoms with Crippen LogP contribution in [0.5, 0.6) is 0 Å². The minimum atomic E-state index is -4.70. The topological polar surface area (TPSA) is 69.1 Å². The van der Waals surface area contributed by atoms with Crippen molar-refractivity contribution in [3.05, 3.63) is 17.3 Å². The van der Waals surface area contributed by atoms with Crippen molar-refractivity contribution in [2.75, 3.05) is 0 Å². The molecule has 72 valence electrons. The van der Waals surface area contributed by atoms with Gasteiger partial charge in [0.1, 0.15) is 0 Å². The molecule has 0 aliphatic rings. The molecule has 0 atom stereocenters. The first-order valence-electron chi connectivity index (χ1n) is 3.17. The van der Waals surface area contributed by atoms with Crippen molar-refractivity contribution in [1.82, 2.24) is 4.98 Å². The highest BCUT2D eigenvalue weighted by Gasteiger charge is 2.38. The van der Waals surface area contributed by atoms with Crippen LogP contribution in [-0.2, 0) is 6.18 Å². The molecule has 0 fully saturated rings. The first-order valence-corrected chi connectivity index (χ1v) is 3.17. The van der Waals surface area contributed by atoms with E-state index in [0.29, 0.717) is 0 Å². The number of nitrogens with two attached hydrogens (primary N) is 1. The Morgan fingerprint density at radius 3 is 2.31 bits per heavy atom. The third-order valence-electron chi connectivity index (χ3n) is 1.26. The number of oxazole rings is 1. The Kier molecular flexibility index (Phi) is 2.02. The fraction of sp³-hybridized carbons (Fsp3) is 0.333. The lowest BCUT2D eigenvalue weighted by Gasteiger charge is -1.97. The first kappa shape index (κ1) is 9.56. The molecule has 1 aromatic rings. The van der Waals surface area contributed by atoms with Crippen LogP contribution in [0.3, 0.4) is 0 Å². The second-order valence-electron chi connectivity index (χ2n) is 2.30. The van der Waals surface area contributed by atoms with Gasteiger partial charge < -0.3 is 10.2 Å². The summed E-state index contributed by atoms with van der Waals surface area (Å²) < 4.78 is 39.9. The maximum Gasteiger partial charge on any atom is 0.468 e. The van der Waals surface area contributed by atoms with Gasteiger partial charge in [-0.1, -0.05) is 0 Å². The number of aromatic nitrogens is 1. The van der Waals surface area contributed by atoms with Crippen LogP contribution < -0.4 is 5.73 Å². The molecular formula is C6H5F3N2O2. The van der Waals surface area contributed by atoms with Gasteiger partial charge >= 0.3 is 12.1 Å². The fourth-order valence-electron chi connectivity index (χ4n) is 0.746. The molecule has 1 amide bonds. The molecule has 0 bridgehead atoms. The molecule has 0 aliphatic carbocycles. The molecule has 0 saturated heterocycles. The first-order chi connectivity index (χ1) is 5.82. The number of hydrogen-bond donors (Lipinski definition) is 1. The third kappa shape index (κ3) is 1.79. The molecule has 0 aromatic carbocycles. The summed E-state index contributed by atoms with van der Waals surface area (Å²) in [5.41, 5.74) is 4.56. The molecule has 7 heteroatoms. The third-order valence-corrected chi connectivity index (χ3v) is 1.26. The zero-order valence-electron chi connectivity index (χ0n) is 6.47. The van der Waals surface area contributed by atoms with Crippen LogP contribution in [0.4, 0.5) is 13.2 Å². The van der Waals surface area contributed by atoms with Crippen LogP contribution in [0.15, 0.2) is 4.42 Å². The smallest absolute Gasteiger partial charge is 0.427 e. The predicted octanol–water partition coefficient (Wildman–Crippen LogP) is 1.10. The van der Waals surface area contributed by atoms with Gasteiger partial charge in [-0.05, 0) is 6.92 Å². The molecule has 1 rings (SSSR count). The summed E-state index contributed by atoms with van der Waals surface area (Å²) in [7, 11) is 0. The molecule has 1 heterocycles. The summed E-state index contributed by atoms with van der Waals surface area (Å²) in [6.45, 7) is 1.21. The van der Waals surface area contributed by atoms with E-state index in [1.54, 1.807) is 0 Å². The predicted molar refractivity (Wildman–Crippen MR) is 34.8 cm³/mol. The van der Waals surface area contributed by atoms with Gasteiger partial charge in [-0.2, -0.15) is 13.2 Å². The average molecular weight is 194 g/mol. The van der Waals surface area contributed by atoms with Gasteiger partial charge in [0.25, 0.3) is 5.91 Å². The van der Waals surface area contributed by atoms with Crippen molar-refractivity contribution in [2.45, 2.75) is 13.1 Å². The average Bonchev–Trinajstić information content (AvgIpc) is 2.29. The quantitative estimate of drug-likeness (QED) is 0.727. The fourth-order valence-corrected chi connectivity index (χ4v) is 0.746. The lowest BCUT2D eigenvalue weighted by atomic mass is 10.4. The summed E-state index contributed by atoms with van der Waals surface area (Å²) in [5.74, 6) is -3.09. The van der Waals surface area contributed by atoms with Gasteiger partial charge in [0.2, 0.25) is 5.76 Å². The summed E-state index contributed by atoms with van der Waals surface area (Å²) >= 11 is 0. The largest absolute Gasteiger partial charge is 0.468 e. The molecule has 0 spiro atoms. The van der Waals surface area contributed by atoms with Gasteiger partial charge in [0.05, 0.1) is 5.69 Å². The van der Waals surface area contributed by atoms with Crippen LogP contribution in [0.1, 0.15) is 22.1 Å². The van der Waals surface area contributed by atoms with Crippen LogP contribution in [0.25, 0.3) is 0 Å². The number of halogens is 3. The van der Waals surface area contributed by atoms with Gasteiger partial charge in [-0.3, -0.25) is 4.79 Å². The second kappa shape index (κ2) is 2.75. The number of rotatable bonds is 1. The molecule has 0 unspecified atom stereocenters. The van der Waals surface area contributed by atoms with E-state index < -0.39 is 23.7 Å². The number of carbonyl (C=O) groups is 1. The van der Waals surface area contributed by atoms with Crippen LogP contribution in [0.2, 0.25) is 0 Å². The number of carbonyl (C=O) groups excluding carboxylic acids is 1. The number of nitrogens with zero attached hydrogens (tertiary/aromatic N) is 1. The number of primary amides is 1. The number of aryl methyl sites for hydroxylation is 1. The monoisotopic (exact) mass is 194 g/mol. The summed E-state index contributed by atoms with van der Waals surface area (Å²) in [5, 5.41) is 0. The van der Waals surface area contributed by atoms with Gasteiger partial charge in [0, 0.05) is 0 Å². The van der Waals surface area contributed by atoms with Crippen molar-refractivity contribution < 1.29 is 22.4 Å². The lowest BCUT2D eigenvalue weighted by molar-refractivity contribution is -0.157. The Balaban J connectivity index is 3.17. The molecule has 0 saturated carbocycles. The minimum absolute atomic E-state index is 0.167. The second-order valence-corrected chi connectivity index (χ2v) is 2.30. The van der Waals surface area contributed by atoms with E-state index in [-0.39, 0.29) is 5.69 Å². The molecular weight excluding hydrogens is 189 g/mol. The van der Waals surface area contributed by atoms with Crippen molar-refractivity contribution in [2.24, 2.45) is 5.73 Å². The minimum Gasteiger partial charge on any atom is -0.427 e. The Labute approximate surface area is 70.5 Å². The Hall–Kier alpha value is -1.53. The van der Waals surface area contributed by atoms with E-state index in [1.807, 2.05) is 0 Å². The van der Waals surface area contributed by atoms with Crippen LogP contribution in [0, 0.1) is 6.92 Å². The molecule has 0 aliphatic heterocycles. The molecule has 13 heavy (non-hydrogen) atoms. The highest BCUT2D eigenvalue weighted by atomic mass is 19.4. The lowest BCUT2D eigenvalue weighted by Crippen LogP contribution is -2.11. The van der Waals surface area contributed by atoms with E-state index in [4.69, 9.17) is 5.73 Å². The van der Waals surface area contributed by atoms with E-state index in [0.717, 1.165) is 0 Å². The molecule has 2 N–H and O–H groups in total. The summed E-state index contributed by atoms with van der Waals surface area (Å²) in [6.07, 6.45) is -4.70. The maximum atomic E-state index is 11.9. The van der Waals surface area contributed by atoms with Crippen molar-refractivity contribution in [3.8, 4) is 0 Å². The molecule has 1 aromatic heterocycles. The standard InChI is InChI=1S/C6H5F3N2O2/c1-2-3(4(10)12)13-5(11-2)6(7,8)9/h1H3,(H2,10,12). The Morgan fingerprint density at radius 2 is 2.08 bits per heavy atom. The Bertz CT molecular complexity index is 342. The van der Waals surface area contributed by atoms with E-state index in [1.165, 1.54) is 6.92 Å². The van der Waals surface area contributed by atoms with Gasteiger partial charge in [-0.25, -0.2) is 4.98 Å². The highest BCUT2D eigenvalue weighted by Crippen LogP contribution is 2.29. The SMILES string of the molecule is Cc1nc(C(F)(F)F)oc1C(N)=O. The zero-order valence-corrected chi connectivity index (χ0v) is 6.47. The van der Waals surface area contributed by atoms with Crippen LogP contribution >= 0.6 is 0 Å². The van der Waals surface area contributed by atoms with Crippen molar-refractivity contribution >= 4 is 5.91 Å². The summed E-state index contributed by atoms with van der Waals surface area (Å²) in [4.78, 5) is 13.5. The highest BCUT2D eigenvalue weighted by molar-refractivity contribution is 5.90. The molecule has 4 nitrogen and oxygen atoms in total. The number of hydrogen-bond acceptors (Lipinski definition) is 3. The van der Waals surface area contributed by atoms with Crippen molar-refractivity contribution in [3.63, 3.8) is 0 Å². The normalized spacial score (nSPS) is 11.7. The van der Waals surface area contributed by atoms with Gasteiger partial charge in [-0.15, -0.1) is 0 Å². The van der Waals surface area contributed by atoms with E-state index in [2.05, 4.69) is 9.40 Å². The number of amides is 1. The maximum absolute atomic E-state index is 11.9. The van der Waals surface area contributed by atoms with Crippen LogP contribution in [-0.4, -0.2) is 10.9 Å². The Morgan fingerprint density at radius 1 is 1.54 bits per heavy atom. The van der Waals surface area contributed by atoms with E-state index >= 15 is 0 Å². The zero-order chi connectivity index (χ0) is 10.2. The summed E-state index contributed by atoms with van der Waals surface area (Å²) in [6, 6.07) is 0. The van der Waals surface area contributed by atoms with Crippen molar-refractivity contribution in [1.29, 1.82) is 0 Å².